The highest BCUT2D eigenvalue weighted by Crippen LogP contribution is 2.25. The summed E-state index contributed by atoms with van der Waals surface area (Å²) >= 11 is 4.96. The molecular formula is C12H21BrN2O3S2. The molecular weight excluding hydrogens is 364 g/mol. The minimum absolute atomic E-state index is 0.159. The molecule has 0 aliphatic rings. The Kier molecular flexibility index (Phi) is 8.20. The summed E-state index contributed by atoms with van der Waals surface area (Å²) in [4.78, 5) is 0.159. The van der Waals surface area contributed by atoms with Crippen LogP contribution in [0.2, 0.25) is 0 Å². The third-order valence-electron chi connectivity index (χ3n) is 2.66. The third kappa shape index (κ3) is 5.77. The van der Waals surface area contributed by atoms with Crippen LogP contribution in [0.25, 0.3) is 0 Å². The third-order valence-corrected chi connectivity index (χ3v) is 5.68. The van der Waals surface area contributed by atoms with Gasteiger partial charge in [-0.05, 0) is 47.8 Å². The normalized spacial score (nSPS) is 11.9. The number of halogens is 1. The molecule has 8 heteroatoms. The Balaban J connectivity index is 2.51. The number of thioether (sulfide) groups is 1. The summed E-state index contributed by atoms with van der Waals surface area (Å²) in [5.74, 6) is 1.70. The molecule has 1 aromatic heterocycles. The first-order valence-corrected chi connectivity index (χ1v) is 10.1. The van der Waals surface area contributed by atoms with Crippen molar-refractivity contribution in [3.05, 3.63) is 16.5 Å². The van der Waals surface area contributed by atoms with Gasteiger partial charge in [0, 0.05) is 12.6 Å². The highest BCUT2D eigenvalue weighted by molar-refractivity contribution is 9.10. The van der Waals surface area contributed by atoms with Gasteiger partial charge in [0.15, 0.2) is 4.67 Å². The topological polar surface area (TPSA) is 71.3 Å². The first-order valence-electron chi connectivity index (χ1n) is 6.42. The summed E-state index contributed by atoms with van der Waals surface area (Å²) in [5, 5.41) is 2.92. The molecule has 5 nitrogen and oxygen atoms in total. The molecule has 0 bridgehead atoms. The van der Waals surface area contributed by atoms with Crippen molar-refractivity contribution < 1.29 is 12.8 Å². The van der Waals surface area contributed by atoms with Crippen LogP contribution >= 0.6 is 27.7 Å². The van der Waals surface area contributed by atoms with Crippen LogP contribution in [0, 0.1) is 0 Å². The zero-order chi connectivity index (χ0) is 15.0. The van der Waals surface area contributed by atoms with E-state index in [0.717, 1.165) is 25.0 Å². The van der Waals surface area contributed by atoms with Gasteiger partial charge < -0.3 is 9.73 Å². The zero-order valence-corrected chi connectivity index (χ0v) is 15.0. The molecule has 0 unspecified atom stereocenters. The van der Waals surface area contributed by atoms with Gasteiger partial charge in [0.1, 0.15) is 10.7 Å². The average Bonchev–Trinajstić information content (AvgIpc) is 2.76. The molecule has 0 aromatic carbocycles. The van der Waals surface area contributed by atoms with Crippen molar-refractivity contribution in [2.75, 3.05) is 25.6 Å². The smallest absolute Gasteiger partial charge is 0.244 e. The summed E-state index contributed by atoms with van der Waals surface area (Å²) in [6, 6.07) is 1.54. The highest BCUT2D eigenvalue weighted by atomic mass is 79.9. The summed E-state index contributed by atoms with van der Waals surface area (Å²) in [6.45, 7) is 0.943. The Bertz CT molecular complexity index is 503. The van der Waals surface area contributed by atoms with Crippen LogP contribution in [0.1, 0.15) is 25.0 Å². The van der Waals surface area contributed by atoms with Crippen molar-refractivity contribution in [1.29, 1.82) is 0 Å². The molecule has 1 aromatic rings. The second-order valence-corrected chi connectivity index (χ2v) is 7.77. The van der Waals surface area contributed by atoms with Gasteiger partial charge >= 0.3 is 0 Å². The molecule has 0 radical (unpaired) electrons. The second kappa shape index (κ2) is 9.09. The van der Waals surface area contributed by atoms with Crippen molar-refractivity contribution in [3.63, 3.8) is 0 Å². The molecule has 0 atom stereocenters. The van der Waals surface area contributed by atoms with Gasteiger partial charge in [-0.25, -0.2) is 13.1 Å². The lowest BCUT2D eigenvalue weighted by molar-refractivity contribution is 0.470. The van der Waals surface area contributed by atoms with E-state index in [2.05, 4.69) is 32.2 Å². The van der Waals surface area contributed by atoms with Gasteiger partial charge in [0.25, 0.3) is 0 Å². The lowest BCUT2D eigenvalue weighted by Gasteiger charge is -2.04. The van der Waals surface area contributed by atoms with Crippen LogP contribution in [-0.4, -0.2) is 34.0 Å². The standard InChI is InChI=1S/C12H21BrN2O3S2/c1-14-9-10-8-11(12(13)18-10)20(16,17)15-6-4-3-5-7-19-2/h8,14-15H,3-7,9H2,1-2H3. The van der Waals surface area contributed by atoms with E-state index < -0.39 is 10.0 Å². The van der Waals surface area contributed by atoms with E-state index in [9.17, 15) is 8.42 Å². The number of unbranched alkanes of at least 4 members (excludes halogenated alkanes) is 2. The molecule has 0 spiro atoms. The maximum absolute atomic E-state index is 12.1. The van der Waals surface area contributed by atoms with E-state index >= 15 is 0 Å². The lowest BCUT2D eigenvalue weighted by Crippen LogP contribution is -2.24. The van der Waals surface area contributed by atoms with Crippen molar-refractivity contribution in [2.45, 2.75) is 30.7 Å². The molecule has 0 aliphatic carbocycles. The van der Waals surface area contributed by atoms with E-state index in [-0.39, 0.29) is 9.56 Å². The van der Waals surface area contributed by atoms with Crippen LogP contribution in [-0.2, 0) is 16.6 Å². The summed E-state index contributed by atoms with van der Waals surface area (Å²) < 4.78 is 32.5. The number of nitrogens with one attached hydrogen (secondary N) is 2. The predicted molar refractivity (Wildman–Crippen MR) is 86.6 cm³/mol. The molecule has 20 heavy (non-hydrogen) atoms. The summed E-state index contributed by atoms with van der Waals surface area (Å²) in [5.41, 5.74) is 0. The fourth-order valence-corrected chi connectivity index (χ4v) is 4.24. The van der Waals surface area contributed by atoms with Gasteiger partial charge in [0.05, 0.1) is 6.54 Å². The Morgan fingerprint density at radius 2 is 2.10 bits per heavy atom. The molecule has 0 aliphatic heterocycles. The van der Waals surface area contributed by atoms with E-state index in [4.69, 9.17) is 4.42 Å². The van der Waals surface area contributed by atoms with Gasteiger partial charge in [-0.2, -0.15) is 11.8 Å². The number of furan rings is 1. The van der Waals surface area contributed by atoms with Gasteiger partial charge in [-0.15, -0.1) is 0 Å². The maximum Gasteiger partial charge on any atom is 0.244 e. The van der Waals surface area contributed by atoms with Gasteiger partial charge in [0.2, 0.25) is 10.0 Å². The minimum atomic E-state index is -3.50. The lowest BCUT2D eigenvalue weighted by atomic mass is 10.2. The monoisotopic (exact) mass is 384 g/mol. The number of rotatable bonds is 10. The highest BCUT2D eigenvalue weighted by Gasteiger charge is 2.21. The van der Waals surface area contributed by atoms with E-state index in [0.29, 0.717) is 18.8 Å². The van der Waals surface area contributed by atoms with Crippen LogP contribution in [0.4, 0.5) is 0 Å². The largest absolute Gasteiger partial charge is 0.452 e. The molecule has 116 valence electrons. The average molecular weight is 385 g/mol. The fraction of sp³-hybridized carbons (Fsp3) is 0.667. The van der Waals surface area contributed by atoms with E-state index in [1.807, 2.05) is 11.8 Å². The summed E-state index contributed by atoms with van der Waals surface area (Å²) in [6.07, 6.45) is 5.06. The number of hydrogen-bond donors (Lipinski definition) is 2. The second-order valence-electron chi connectivity index (χ2n) is 4.33. The molecule has 2 N–H and O–H groups in total. The van der Waals surface area contributed by atoms with Crippen molar-refractivity contribution in [1.82, 2.24) is 10.0 Å². The van der Waals surface area contributed by atoms with Gasteiger partial charge in [-0.1, -0.05) is 6.42 Å². The maximum atomic E-state index is 12.1. The van der Waals surface area contributed by atoms with Crippen LogP contribution < -0.4 is 10.0 Å². The van der Waals surface area contributed by atoms with E-state index in [1.165, 1.54) is 6.07 Å². The fourth-order valence-electron chi connectivity index (χ4n) is 1.67. The van der Waals surface area contributed by atoms with Crippen molar-refractivity contribution >= 4 is 37.7 Å². The van der Waals surface area contributed by atoms with Crippen molar-refractivity contribution in [3.8, 4) is 0 Å². The van der Waals surface area contributed by atoms with Gasteiger partial charge in [-0.3, -0.25) is 0 Å². The Morgan fingerprint density at radius 1 is 1.35 bits per heavy atom. The minimum Gasteiger partial charge on any atom is -0.452 e. The van der Waals surface area contributed by atoms with Crippen LogP contribution in [0.3, 0.4) is 0 Å². The van der Waals surface area contributed by atoms with Crippen LogP contribution in [0.15, 0.2) is 20.0 Å². The SMILES string of the molecule is CNCc1cc(S(=O)(=O)NCCCCCSC)c(Br)o1. The molecule has 0 saturated heterocycles. The van der Waals surface area contributed by atoms with E-state index in [1.54, 1.807) is 7.05 Å². The van der Waals surface area contributed by atoms with Crippen LogP contribution in [0.5, 0.6) is 0 Å². The Morgan fingerprint density at radius 3 is 2.75 bits per heavy atom. The number of sulfonamides is 1. The number of hydrogen-bond acceptors (Lipinski definition) is 5. The molecule has 0 saturated carbocycles. The quantitative estimate of drug-likeness (QED) is 0.606. The molecule has 1 rings (SSSR count). The predicted octanol–water partition coefficient (Wildman–Crippen LogP) is 2.57. The Hall–Kier alpha value is -0.0200. The summed E-state index contributed by atoms with van der Waals surface area (Å²) in [7, 11) is -1.73. The van der Waals surface area contributed by atoms with Crippen molar-refractivity contribution in [2.24, 2.45) is 0 Å². The zero-order valence-electron chi connectivity index (χ0n) is 11.7. The molecule has 1 heterocycles. The molecule has 0 fully saturated rings. The Labute approximate surface area is 133 Å². The molecule has 0 amide bonds. The first kappa shape index (κ1) is 18.0. The first-order chi connectivity index (χ1) is 9.51.